The van der Waals surface area contributed by atoms with Gasteiger partial charge in [0.2, 0.25) is 0 Å². The van der Waals surface area contributed by atoms with Crippen LogP contribution in [0.15, 0.2) is 95.9 Å². The van der Waals surface area contributed by atoms with E-state index in [0.29, 0.717) is 23.7 Å². The number of Topliss-reactive ketones (excluding diaryl/α,β-unsaturated/α-hetero) is 2. The minimum absolute atomic E-state index is 0.0816. The fraction of sp³-hybridized carbons (Fsp3) is 0.474. The molecule has 9 nitrogen and oxygen atoms in total. The van der Waals surface area contributed by atoms with Crippen LogP contribution in [0.2, 0.25) is 0 Å². The molecule has 0 bridgehead atoms. The van der Waals surface area contributed by atoms with Crippen LogP contribution in [-0.2, 0) is 16.1 Å². The van der Waals surface area contributed by atoms with Crippen molar-refractivity contribution in [3.05, 3.63) is 108 Å². The van der Waals surface area contributed by atoms with E-state index in [1.807, 2.05) is 34.1 Å². The number of fused-ring (bicyclic) bond motifs is 4. The predicted octanol–water partition coefficient (Wildman–Crippen LogP) is 5.04. The Balaban J connectivity index is 0.000000141. The van der Waals surface area contributed by atoms with Gasteiger partial charge in [0, 0.05) is 98.2 Å². The number of ketones is 2. The average molecular weight is 636 g/mol. The molecule has 9 heteroatoms. The molecule has 248 valence electrons. The summed E-state index contributed by atoms with van der Waals surface area (Å²) in [4.78, 5) is 43.6. The highest BCUT2D eigenvalue weighted by atomic mass is 16.1. The summed E-state index contributed by atoms with van der Waals surface area (Å²) >= 11 is 0. The van der Waals surface area contributed by atoms with Gasteiger partial charge in [-0.1, -0.05) is 48.6 Å². The standard InChI is InChI=1S/C18H21N3O.C16H22N2O.C4H6N2/c1-12-19-9-10-21(12)11-13-7-8-16-17(18(13)22)14-5-3-4-6-15(14)20(16)2;1-17(2)10-11-8-9-14-15(16(11)19)12-6-4-5-7-13(12)18(14)3;1-4-5-2-3-6-4/h3-6,9-10,13-15H,7-8,11H2,1-2H3;4-7,11-13H,8-10H2,1-3H3;2-3H,1H3,(H,5,6). The monoisotopic (exact) mass is 635 g/mol. The third kappa shape index (κ3) is 6.50. The molecule has 2 aliphatic heterocycles. The van der Waals surface area contributed by atoms with Crippen LogP contribution in [0.3, 0.4) is 0 Å². The average Bonchev–Trinajstić information content (AvgIpc) is 3.84. The Kier molecular flexibility index (Phi) is 9.64. The van der Waals surface area contributed by atoms with Crippen molar-refractivity contribution in [2.45, 2.75) is 58.2 Å². The molecule has 6 aliphatic rings. The number of H-pyrrole nitrogens is 1. The van der Waals surface area contributed by atoms with Crippen LogP contribution < -0.4 is 0 Å². The van der Waals surface area contributed by atoms with Gasteiger partial charge in [-0.25, -0.2) is 9.97 Å². The summed E-state index contributed by atoms with van der Waals surface area (Å²) < 4.78 is 2.10. The lowest BCUT2D eigenvalue weighted by molar-refractivity contribution is -0.121. The Hall–Kier alpha value is -4.24. The van der Waals surface area contributed by atoms with Gasteiger partial charge in [0.05, 0.1) is 12.1 Å². The number of carbonyl (C=O) groups is 2. The Bertz CT molecular complexity index is 1650. The van der Waals surface area contributed by atoms with E-state index in [9.17, 15) is 9.59 Å². The Morgan fingerprint density at radius 3 is 1.81 bits per heavy atom. The first-order valence-corrected chi connectivity index (χ1v) is 16.9. The predicted molar refractivity (Wildman–Crippen MR) is 185 cm³/mol. The van der Waals surface area contributed by atoms with Crippen LogP contribution in [0.5, 0.6) is 0 Å². The van der Waals surface area contributed by atoms with Crippen molar-refractivity contribution >= 4 is 11.6 Å². The zero-order chi connectivity index (χ0) is 33.2. The molecule has 47 heavy (non-hydrogen) atoms. The zero-order valence-corrected chi connectivity index (χ0v) is 28.6. The van der Waals surface area contributed by atoms with Crippen molar-refractivity contribution in [1.29, 1.82) is 0 Å². The minimum Gasteiger partial charge on any atom is -0.370 e. The summed E-state index contributed by atoms with van der Waals surface area (Å²) in [5.41, 5.74) is 4.69. The molecule has 0 saturated heterocycles. The largest absolute Gasteiger partial charge is 0.370 e. The van der Waals surface area contributed by atoms with Crippen molar-refractivity contribution in [1.82, 2.24) is 34.2 Å². The number of nitrogens with one attached hydrogen (secondary N) is 1. The smallest absolute Gasteiger partial charge is 0.166 e. The summed E-state index contributed by atoms with van der Waals surface area (Å²) in [7, 11) is 8.34. The lowest BCUT2D eigenvalue weighted by Crippen LogP contribution is -2.33. The van der Waals surface area contributed by atoms with Crippen molar-refractivity contribution in [3.8, 4) is 0 Å². The van der Waals surface area contributed by atoms with E-state index in [2.05, 4.69) is 96.9 Å². The first-order valence-electron chi connectivity index (χ1n) is 16.9. The van der Waals surface area contributed by atoms with E-state index < -0.39 is 0 Å². The second kappa shape index (κ2) is 13.9. The number of nitrogens with zero attached hydrogens (tertiary/aromatic N) is 6. The molecule has 0 radical (unpaired) electrons. The van der Waals surface area contributed by atoms with Crippen LogP contribution in [0.4, 0.5) is 0 Å². The van der Waals surface area contributed by atoms with Crippen molar-refractivity contribution in [2.24, 2.45) is 23.7 Å². The molecule has 0 aromatic carbocycles. The molecule has 0 saturated carbocycles. The fourth-order valence-electron chi connectivity index (χ4n) is 8.12. The second-order valence-corrected chi connectivity index (χ2v) is 13.8. The Morgan fingerprint density at radius 1 is 0.787 bits per heavy atom. The van der Waals surface area contributed by atoms with E-state index >= 15 is 0 Å². The quantitative estimate of drug-likeness (QED) is 0.504. The second-order valence-electron chi connectivity index (χ2n) is 13.8. The number of imidazole rings is 2. The lowest BCUT2D eigenvalue weighted by atomic mass is 9.79. The molecule has 0 amide bonds. The van der Waals surface area contributed by atoms with Crippen molar-refractivity contribution in [3.63, 3.8) is 0 Å². The number of aromatic amines is 1. The highest BCUT2D eigenvalue weighted by molar-refractivity contribution is 6.01. The molecule has 4 heterocycles. The van der Waals surface area contributed by atoms with E-state index in [4.69, 9.17) is 0 Å². The first kappa shape index (κ1) is 32.7. The maximum Gasteiger partial charge on any atom is 0.166 e. The summed E-state index contributed by atoms with van der Waals surface area (Å²) in [6, 6.07) is 0.685. The summed E-state index contributed by atoms with van der Waals surface area (Å²) in [6.07, 6.45) is 28.4. The van der Waals surface area contributed by atoms with Crippen molar-refractivity contribution < 1.29 is 9.59 Å². The van der Waals surface area contributed by atoms with Crippen molar-refractivity contribution in [2.75, 3.05) is 34.7 Å². The van der Waals surface area contributed by atoms with Crippen LogP contribution in [0.25, 0.3) is 0 Å². The zero-order valence-electron chi connectivity index (χ0n) is 28.6. The van der Waals surface area contributed by atoms with E-state index in [-0.39, 0.29) is 23.7 Å². The van der Waals surface area contributed by atoms with Crippen LogP contribution >= 0.6 is 0 Å². The Morgan fingerprint density at radius 2 is 1.34 bits per heavy atom. The normalized spacial score (nSPS) is 28.6. The molecule has 2 aromatic heterocycles. The van der Waals surface area contributed by atoms with Gasteiger partial charge in [0.1, 0.15) is 11.6 Å². The number of allylic oxidation sites excluding steroid dienone is 6. The molecule has 0 spiro atoms. The number of aromatic nitrogens is 4. The number of hydrogen-bond donors (Lipinski definition) is 1. The topological polar surface area (TPSA) is 90.4 Å². The Labute approximate surface area is 279 Å². The minimum atomic E-state index is 0.0816. The van der Waals surface area contributed by atoms with Crippen LogP contribution in [0, 0.1) is 37.5 Å². The number of aryl methyl sites for hydroxylation is 2. The molecule has 6 atom stereocenters. The molecule has 2 aromatic rings. The highest BCUT2D eigenvalue weighted by Gasteiger charge is 2.45. The number of carbonyl (C=O) groups excluding carboxylic acids is 2. The summed E-state index contributed by atoms with van der Waals surface area (Å²) in [5.74, 6) is 3.46. The van der Waals surface area contributed by atoms with Gasteiger partial charge in [0.25, 0.3) is 0 Å². The van der Waals surface area contributed by atoms with Gasteiger partial charge in [-0.3, -0.25) is 9.59 Å². The highest BCUT2D eigenvalue weighted by Crippen LogP contribution is 2.45. The molecular formula is C38H49N7O2. The van der Waals surface area contributed by atoms with Gasteiger partial charge in [-0.2, -0.15) is 0 Å². The lowest BCUT2D eigenvalue weighted by Gasteiger charge is -2.28. The van der Waals surface area contributed by atoms with Gasteiger partial charge in [0.15, 0.2) is 11.6 Å². The van der Waals surface area contributed by atoms with E-state index in [1.165, 1.54) is 11.4 Å². The molecular weight excluding hydrogens is 586 g/mol. The third-order valence-electron chi connectivity index (χ3n) is 10.5. The fourth-order valence-corrected chi connectivity index (χ4v) is 8.12. The van der Waals surface area contributed by atoms with Gasteiger partial charge < -0.3 is 24.3 Å². The molecule has 4 aliphatic carbocycles. The maximum atomic E-state index is 13.1. The van der Waals surface area contributed by atoms with Crippen LogP contribution in [0.1, 0.15) is 37.3 Å². The number of likely N-dealkylation sites (N-methyl/N-ethyl adjacent to an activating group) is 2. The van der Waals surface area contributed by atoms with E-state index in [0.717, 1.165) is 61.6 Å². The summed E-state index contributed by atoms with van der Waals surface area (Å²) in [6.45, 7) is 5.53. The van der Waals surface area contributed by atoms with Gasteiger partial charge >= 0.3 is 0 Å². The molecule has 0 fully saturated rings. The third-order valence-corrected chi connectivity index (χ3v) is 10.5. The van der Waals surface area contributed by atoms with E-state index in [1.54, 1.807) is 18.6 Å². The van der Waals surface area contributed by atoms with Crippen LogP contribution in [-0.4, -0.2) is 92.6 Å². The molecule has 6 unspecified atom stereocenters. The number of rotatable bonds is 4. The van der Waals surface area contributed by atoms with Gasteiger partial charge in [-0.05, 0) is 53.6 Å². The maximum absolute atomic E-state index is 13.1. The SMILES string of the molecule is CN(C)CC1CCC2=C(C1=O)C1C=CC=CC1N2C.Cc1ncc[nH]1.Cc1nccn1CC1CCC2=C(C1=O)C1C=CC=CC1N2C. The summed E-state index contributed by atoms with van der Waals surface area (Å²) in [5, 5.41) is 0. The molecule has 1 N–H and O–H groups in total. The number of hydrogen-bond acceptors (Lipinski definition) is 7. The molecule has 8 rings (SSSR count). The van der Waals surface area contributed by atoms with Gasteiger partial charge in [-0.15, -0.1) is 0 Å². The first-order chi connectivity index (χ1) is 22.7.